The van der Waals surface area contributed by atoms with Crippen LogP contribution in [0.1, 0.15) is 22.4 Å². The van der Waals surface area contributed by atoms with E-state index in [4.69, 9.17) is 4.42 Å². The molecule has 0 amide bonds. The summed E-state index contributed by atoms with van der Waals surface area (Å²) in [6, 6.07) is 6.93. The lowest BCUT2D eigenvalue weighted by Crippen LogP contribution is -2.11. The fourth-order valence-electron chi connectivity index (χ4n) is 3.19. The molecule has 0 saturated heterocycles. The maximum atomic E-state index is 13.9. The van der Waals surface area contributed by atoms with Crippen molar-refractivity contribution in [2.75, 3.05) is 0 Å². The van der Waals surface area contributed by atoms with Gasteiger partial charge in [0.1, 0.15) is 5.69 Å². The van der Waals surface area contributed by atoms with Gasteiger partial charge in [0, 0.05) is 17.8 Å². The Hall–Kier alpha value is -3.56. The summed E-state index contributed by atoms with van der Waals surface area (Å²) in [6.45, 7) is 3.17. The molecule has 0 N–H and O–H groups in total. The van der Waals surface area contributed by atoms with E-state index >= 15 is 0 Å². The summed E-state index contributed by atoms with van der Waals surface area (Å²) in [6.07, 6.45) is -3.53. The number of pyridine rings is 1. The number of aromatic nitrogens is 4. The van der Waals surface area contributed by atoms with Gasteiger partial charge in [-0.15, -0.1) is 0 Å². The van der Waals surface area contributed by atoms with Gasteiger partial charge in [-0.25, -0.2) is 14.8 Å². The normalized spacial score (nSPS) is 11.9. The van der Waals surface area contributed by atoms with E-state index in [2.05, 4.69) is 15.1 Å². The Morgan fingerprint density at radius 2 is 1.93 bits per heavy atom. The topological polar surface area (TPSA) is 73.8 Å². The Kier molecular flexibility index (Phi) is 4.64. The molecule has 3 heterocycles. The second kappa shape index (κ2) is 7.05. The number of hydrogen-bond acceptors (Lipinski definition) is 5. The molecule has 154 valence electrons. The Labute approximate surface area is 166 Å². The van der Waals surface area contributed by atoms with Gasteiger partial charge in [0.2, 0.25) is 11.8 Å². The number of nitrogens with zero attached hydrogens (tertiary/aromatic N) is 4. The van der Waals surface area contributed by atoms with Gasteiger partial charge in [-0.2, -0.15) is 22.7 Å². The van der Waals surface area contributed by atoms with Crippen LogP contribution in [0.3, 0.4) is 0 Å². The Bertz CT molecular complexity index is 1320. The SMILES string of the molecule is Cc1cc(C)c2nc(-c3cc(C(F)(F)F)nn3Cc3cccnc3F)oc(=O)c2c1. The summed E-state index contributed by atoms with van der Waals surface area (Å²) in [5.41, 5.74) is -0.351. The van der Waals surface area contributed by atoms with Crippen LogP contribution >= 0.6 is 0 Å². The first-order valence-electron chi connectivity index (χ1n) is 8.80. The second-order valence-electron chi connectivity index (χ2n) is 6.81. The number of alkyl halides is 3. The number of halogens is 4. The number of hydrogen-bond donors (Lipinski definition) is 0. The first-order chi connectivity index (χ1) is 14.1. The number of aryl methyl sites for hydroxylation is 2. The molecule has 3 aromatic heterocycles. The summed E-state index contributed by atoms with van der Waals surface area (Å²) in [5, 5.41) is 3.75. The molecule has 0 aliphatic carbocycles. The quantitative estimate of drug-likeness (QED) is 0.367. The van der Waals surface area contributed by atoms with E-state index in [-0.39, 0.29) is 29.1 Å². The molecule has 0 bridgehead atoms. The van der Waals surface area contributed by atoms with E-state index in [0.717, 1.165) is 16.3 Å². The van der Waals surface area contributed by atoms with Crippen molar-refractivity contribution in [3.8, 4) is 11.6 Å². The summed E-state index contributed by atoms with van der Waals surface area (Å²) in [4.78, 5) is 20.2. The molecule has 0 fully saturated rings. The van der Waals surface area contributed by atoms with Gasteiger partial charge in [-0.05, 0) is 37.1 Å². The average Bonchev–Trinajstić information content (AvgIpc) is 3.09. The number of fused-ring (bicyclic) bond motifs is 1. The van der Waals surface area contributed by atoms with Gasteiger partial charge in [0.25, 0.3) is 0 Å². The third-order valence-corrected chi connectivity index (χ3v) is 4.51. The van der Waals surface area contributed by atoms with Crippen molar-refractivity contribution in [3.05, 3.63) is 75.3 Å². The minimum absolute atomic E-state index is 0.0190. The lowest BCUT2D eigenvalue weighted by Gasteiger charge is -2.08. The molecule has 30 heavy (non-hydrogen) atoms. The summed E-state index contributed by atoms with van der Waals surface area (Å²) < 4.78 is 59.9. The minimum Gasteiger partial charge on any atom is -0.401 e. The largest absolute Gasteiger partial charge is 0.435 e. The highest BCUT2D eigenvalue weighted by atomic mass is 19.4. The van der Waals surface area contributed by atoms with Gasteiger partial charge in [0.15, 0.2) is 5.69 Å². The summed E-state index contributed by atoms with van der Waals surface area (Å²) >= 11 is 0. The van der Waals surface area contributed by atoms with Gasteiger partial charge < -0.3 is 4.42 Å². The first-order valence-corrected chi connectivity index (χ1v) is 8.80. The highest BCUT2D eigenvalue weighted by Crippen LogP contribution is 2.32. The van der Waals surface area contributed by atoms with Crippen molar-refractivity contribution in [2.24, 2.45) is 0 Å². The van der Waals surface area contributed by atoms with Crippen LogP contribution in [0, 0.1) is 19.8 Å². The molecular weight excluding hydrogens is 404 g/mol. The average molecular weight is 418 g/mol. The molecule has 0 spiro atoms. The fraction of sp³-hybridized carbons (Fsp3) is 0.200. The monoisotopic (exact) mass is 418 g/mol. The molecular formula is C20H14F4N4O2. The third kappa shape index (κ3) is 3.56. The fourth-order valence-corrected chi connectivity index (χ4v) is 3.19. The molecule has 0 atom stereocenters. The Morgan fingerprint density at radius 3 is 2.63 bits per heavy atom. The van der Waals surface area contributed by atoms with Crippen LogP contribution in [0.15, 0.2) is 45.7 Å². The predicted octanol–water partition coefficient (Wildman–Crippen LogP) is 4.27. The van der Waals surface area contributed by atoms with E-state index in [1.165, 1.54) is 18.3 Å². The zero-order valence-corrected chi connectivity index (χ0v) is 15.8. The van der Waals surface area contributed by atoms with Crippen molar-refractivity contribution in [2.45, 2.75) is 26.6 Å². The highest BCUT2D eigenvalue weighted by molar-refractivity contribution is 5.82. The van der Waals surface area contributed by atoms with E-state index in [1.807, 2.05) is 0 Å². The molecule has 0 radical (unpaired) electrons. The van der Waals surface area contributed by atoms with E-state index < -0.39 is 23.4 Å². The lowest BCUT2D eigenvalue weighted by atomic mass is 10.1. The first kappa shape index (κ1) is 19.7. The van der Waals surface area contributed by atoms with Crippen LogP contribution in [0.25, 0.3) is 22.5 Å². The second-order valence-corrected chi connectivity index (χ2v) is 6.81. The zero-order valence-electron chi connectivity index (χ0n) is 15.8. The van der Waals surface area contributed by atoms with Crippen LogP contribution < -0.4 is 5.63 Å². The molecule has 0 aliphatic rings. The van der Waals surface area contributed by atoms with Gasteiger partial charge in [0.05, 0.1) is 17.4 Å². The van der Waals surface area contributed by atoms with Gasteiger partial charge in [-0.3, -0.25) is 4.68 Å². The van der Waals surface area contributed by atoms with Crippen molar-refractivity contribution < 1.29 is 22.0 Å². The summed E-state index contributed by atoms with van der Waals surface area (Å²) in [7, 11) is 0. The molecule has 0 unspecified atom stereocenters. The predicted molar refractivity (Wildman–Crippen MR) is 99.3 cm³/mol. The molecule has 10 heteroatoms. The smallest absolute Gasteiger partial charge is 0.401 e. The van der Waals surface area contributed by atoms with Crippen molar-refractivity contribution in [1.82, 2.24) is 19.7 Å². The van der Waals surface area contributed by atoms with Crippen LogP contribution in [0.5, 0.6) is 0 Å². The Morgan fingerprint density at radius 1 is 1.17 bits per heavy atom. The highest BCUT2D eigenvalue weighted by Gasteiger charge is 2.36. The molecule has 4 rings (SSSR count). The molecule has 0 saturated carbocycles. The van der Waals surface area contributed by atoms with E-state index in [1.54, 1.807) is 26.0 Å². The maximum absolute atomic E-state index is 13.9. The molecule has 0 aliphatic heterocycles. The molecule has 4 aromatic rings. The standard InChI is InChI=1S/C20H14F4N4O2/c1-10-6-11(2)16-13(7-10)19(29)30-18(26-16)14-8-15(20(22,23)24)27-28(14)9-12-4-3-5-25-17(12)21/h3-8H,9H2,1-2H3. The van der Waals surface area contributed by atoms with Crippen molar-refractivity contribution in [3.63, 3.8) is 0 Å². The molecule has 1 aromatic carbocycles. The van der Waals surface area contributed by atoms with Crippen LogP contribution in [-0.4, -0.2) is 19.7 Å². The van der Waals surface area contributed by atoms with E-state index in [0.29, 0.717) is 11.1 Å². The molecule has 6 nitrogen and oxygen atoms in total. The van der Waals surface area contributed by atoms with Crippen LogP contribution in [-0.2, 0) is 12.7 Å². The van der Waals surface area contributed by atoms with Crippen LogP contribution in [0.4, 0.5) is 17.6 Å². The minimum atomic E-state index is -4.75. The maximum Gasteiger partial charge on any atom is 0.435 e. The van der Waals surface area contributed by atoms with Crippen molar-refractivity contribution in [1.29, 1.82) is 0 Å². The van der Waals surface area contributed by atoms with Gasteiger partial charge in [-0.1, -0.05) is 12.1 Å². The zero-order chi connectivity index (χ0) is 21.6. The van der Waals surface area contributed by atoms with Crippen molar-refractivity contribution >= 4 is 10.9 Å². The number of benzene rings is 1. The third-order valence-electron chi connectivity index (χ3n) is 4.51. The summed E-state index contributed by atoms with van der Waals surface area (Å²) in [5.74, 6) is -1.18. The van der Waals surface area contributed by atoms with Gasteiger partial charge >= 0.3 is 11.8 Å². The Balaban J connectivity index is 1.93. The van der Waals surface area contributed by atoms with Crippen LogP contribution in [0.2, 0.25) is 0 Å². The van der Waals surface area contributed by atoms with E-state index in [9.17, 15) is 22.4 Å². The lowest BCUT2D eigenvalue weighted by molar-refractivity contribution is -0.141. The number of rotatable bonds is 3.